The van der Waals surface area contributed by atoms with Gasteiger partial charge in [0.15, 0.2) is 0 Å². The van der Waals surface area contributed by atoms with Crippen molar-refractivity contribution >= 4 is 15.9 Å². The molecule has 8 heteroatoms. The minimum Gasteiger partial charge on any atom is -0.356 e. The Kier molecular flexibility index (Phi) is 7.55. The number of hydrogen-bond donors (Lipinski definition) is 1. The number of hydrogen-bond acceptors (Lipinski definition) is 4. The van der Waals surface area contributed by atoms with Crippen molar-refractivity contribution < 1.29 is 17.6 Å². The molecule has 1 aliphatic rings. The summed E-state index contributed by atoms with van der Waals surface area (Å²) >= 11 is 0. The van der Waals surface area contributed by atoms with Gasteiger partial charge in [-0.3, -0.25) is 4.79 Å². The maximum atomic E-state index is 12.9. The van der Waals surface area contributed by atoms with Crippen LogP contribution >= 0.6 is 0 Å². The van der Waals surface area contributed by atoms with Crippen LogP contribution in [0.1, 0.15) is 24.8 Å². The molecule has 1 saturated heterocycles. The highest BCUT2D eigenvalue weighted by atomic mass is 32.2. The molecule has 0 aliphatic carbocycles. The summed E-state index contributed by atoms with van der Waals surface area (Å²) in [5.74, 6) is -0.649. The fourth-order valence-electron chi connectivity index (χ4n) is 3.03. The average Bonchev–Trinajstić information content (AvgIpc) is 2.60. The molecule has 146 valence electrons. The first-order valence-electron chi connectivity index (χ1n) is 8.92. The van der Waals surface area contributed by atoms with Gasteiger partial charge in [-0.2, -0.15) is 0 Å². The van der Waals surface area contributed by atoms with Crippen LogP contribution in [-0.4, -0.2) is 63.8 Å². The van der Waals surface area contributed by atoms with Crippen LogP contribution in [0.2, 0.25) is 0 Å². The molecule has 1 aliphatic heterocycles. The number of nitrogens with one attached hydrogen (secondary N) is 1. The number of sulfonamides is 1. The molecule has 0 unspecified atom stereocenters. The predicted octanol–water partition coefficient (Wildman–Crippen LogP) is 1.44. The van der Waals surface area contributed by atoms with Crippen LogP contribution in [0.3, 0.4) is 0 Å². The van der Waals surface area contributed by atoms with Crippen LogP contribution in [0.4, 0.5) is 4.39 Å². The Morgan fingerprint density at radius 1 is 1.23 bits per heavy atom. The largest absolute Gasteiger partial charge is 0.356 e. The normalized spacial score (nSPS) is 16.8. The highest BCUT2D eigenvalue weighted by Crippen LogP contribution is 2.22. The quantitative estimate of drug-likeness (QED) is 0.688. The van der Waals surface area contributed by atoms with E-state index in [1.165, 1.54) is 28.6 Å². The van der Waals surface area contributed by atoms with E-state index in [-0.39, 0.29) is 23.4 Å². The fourth-order valence-corrected chi connectivity index (χ4v) is 4.59. The van der Waals surface area contributed by atoms with Crippen molar-refractivity contribution in [3.05, 3.63) is 35.6 Å². The van der Waals surface area contributed by atoms with Crippen LogP contribution in [0.25, 0.3) is 0 Å². The van der Waals surface area contributed by atoms with Gasteiger partial charge in [-0.1, -0.05) is 12.1 Å². The molecule has 0 atom stereocenters. The number of piperidine rings is 1. The molecular weight excluding hydrogens is 357 g/mol. The predicted molar refractivity (Wildman–Crippen MR) is 99.5 cm³/mol. The number of nitrogens with zero attached hydrogens (tertiary/aromatic N) is 2. The molecule has 6 nitrogen and oxygen atoms in total. The zero-order chi connectivity index (χ0) is 19.2. The van der Waals surface area contributed by atoms with Crippen molar-refractivity contribution in [3.63, 3.8) is 0 Å². The van der Waals surface area contributed by atoms with Gasteiger partial charge in [0.1, 0.15) is 5.82 Å². The summed E-state index contributed by atoms with van der Waals surface area (Å²) in [6.45, 7) is 2.25. The molecule has 1 N–H and O–H groups in total. The van der Waals surface area contributed by atoms with E-state index in [1.807, 2.05) is 14.1 Å². The van der Waals surface area contributed by atoms with Crippen molar-refractivity contribution in [3.8, 4) is 0 Å². The molecule has 0 saturated carbocycles. The minimum absolute atomic E-state index is 0.0133. The molecule has 0 bridgehead atoms. The van der Waals surface area contributed by atoms with Gasteiger partial charge >= 0.3 is 0 Å². The second-order valence-electron chi connectivity index (χ2n) is 7.00. The monoisotopic (exact) mass is 385 g/mol. The summed E-state index contributed by atoms with van der Waals surface area (Å²) in [5.41, 5.74) is 0.562. The van der Waals surface area contributed by atoms with Crippen LogP contribution in [0.5, 0.6) is 0 Å². The van der Waals surface area contributed by atoms with E-state index in [0.717, 1.165) is 13.0 Å². The van der Waals surface area contributed by atoms with Gasteiger partial charge in [-0.05, 0) is 57.6 Å². The van der Waals surface area contributed by atoms with Gasteiger partial charge < -0.3 is 10.2 Å². The SMILES string of the molecule is CN(C)CCCNC(=O)C1CCN(S(=O)(=O)Cc2ccc(F)cc2)CC1. The molecule has 0 spiro atoms. The lowest BCUT2D eigenvalue weighted by molar-refractivity contribution is -0.126. The minimum atomic E-state index is -3.46. The van der Waals surface area contributed by atoms with Gasteiger partial charge in [0.25, 0.3) is 0 Å². The zero-order valence-corrected chi connectivity index (χ0v) is 16.3. The fraction of sp³-hybridized carbons (Fsp3) is 0.611. The van der Waals surface area contributed by atoms with Gasteiger partial charge in [0.05, 0.1) is 5.75 Å². The third-order valence-electron chi connectivity index (χ3n) is 4.56. The maximum Gasteiger partial charge on any atom is 0.223 e. The highest BCUT2D eigenvalue weighted by molar-refractivity contribution is 7.88. The van der Waals surface area contributed by atoms with Gasteiger partial charge in [-0.15, -0.1) is 0 Å². The molecule has 1 fully saturated rings. The van der Waals surface area contributed by atoms with Crippen LogP contribution < -0.4 is 5.32 Å². The molecule has 1 aromatic carbocycles. The molecule has 1 heterocycles. The molecule has 0 aromatic heterocycles. The number of halogens is 1. The first-order chi connectivity index (χ1) is 12.3. The van der Waals surface area contributed by atoms with Crippen LogP contribution in [0.15, 0.2) is 24.3 Å². The number of rotatable bonds is 8. The zero-order valence-electron chi connectivity index (χ0n) is 15.4. The topological polar surface area (TPSA) is 69.7 Å². The summed E-state index contributed by atoms with van der Waals surface area (Å²) in [6.07, 6.45) is 1.95. The molecule has 2 rings (SSSR count). The Labute approximate surface area is 155 Å². The number of carbonyl (C=O) groups excluding carboxylic acids is 1. The van der Waals surface area contributed by atoms with Crippen LogP contribution in [-0.2, 0) is 20.6 Å². The highest BCUT2D eigenvalue weighted by Gasteiger charge is 2.31. The number of carbonyl (C=O) groups is 1. The summed E-state index contributed by atoms with van der Waals surface area (Å²) in [6, 6.07) is 5.50. The van der Waals surface area contributed by atoms with E-state index in [0.29, 0.717) is 38.0 Å². The van der Waals surface area contributed by atoms with E-state index in [1.54, 1.807) is 0 Å². The Bertz CT molecular complexity index is 684. The molecule has 1 aromatic rings. The summed E-state index contributed by atoms with van der Waals surface area (Å²) in [7, 11) is 0.525. The van der Waals surface area contributed by atoms with E-state index < -0.39 is 10.0 Å². The van der Waals surface area contributed by atoms with Crippen LogP contribution in [0, 0.1) is 11.7 Å². The van der Waals surface area contributed by atoms with E-state index in [9.17, 15) is 17.6 Å². The molecule has 26 heavy (non-hydrogen) atoms. The number of benzene rings is 1. The number of amides is 1. The Morgan fingerprint density at radius 2 is 1.85 bits per heavy atom. The summed E-state index contributed by atoms with van der Waals surface area (Å²) < 4.78 is 39.4. The van der Waals surface area contributed by atoms with Crippen molar-refractivity contribution in [1.82, 2.24) is 14.5 Å². The van der Waals surface area contributed by atoms with E-state index >= 15 is 0 Å². The third-order valence-corrected chi connectivity index (χ3v) is 6.41. The van der Waals surface area contributed by atoms with Gasteiger partial charge in [-0.25, -0.2) is 17.1 Å². The van der Waals surface area contributed by atoms with Crippen molar-refractivity contribution in [2.75, 3.05) is 40.3 Å². The molecular formula is C18H28FN3O3S. The second-order valence-corrected chi connectivity index (χ2v) is 8.97. The molecule has 0 radical (unpaired) electrons. The summed E-state index contributed by atoms with van der Waals surface area (Å²) in [5, 5.41) is 2.94. The molecule has 1 amide bonds. The smallest absolute Gasteiger partial charge is 0.223 e. The Balaban J connectivity index is 1.79. The average molecular weight is 386 g/mol. The first kappa shape index (κ1) is 20.8. The van der Waals surface area contributed by atoms with Gasteiger partial charge in [0.2, 0.25) is 15.9 Å². The lowest BCUT2D eigenvalue weighted by Crippen LogP contribution is -2.43. The summed E-state index contributed by atoms with van der Waals surface area (Å²) in [4.78, 5) is 14.3. The van der Waals surface area contributed by atoms with Crippen molar-refractivity contribution in [1.29, 1.82) is 0 Å². The van der Waals surface area contributed by atoms with E-state index in [4.69, 9.17) is 0 Å². The van der Waals surface area contributed by atoms with Crippen molar-refractivity contribution in [2.24, 2.45) is 5.92 Å². The van der Waals surface area contributed by atoms with E-state index in [2.05, 4.69) is 10.2 Å². The Morgan fingerprint density at radius 3 is 2.42 bits per heavy atom. The van der Waals surface area contributed by atoms with Gasteiger partial charge in [0, 0.05) is 25.6 Å². The Hall–Kier alpha value is -1.51. The maximum absolute atomic E-state index is 12.9. The lowest BCUT2D eigenvalue weighted by Gasteiger charge is -2.30. The standard InChI is InChI=1S/C18H28FN3O3S/c1-21(2)11-3-10-20-18(23)16-8-12-22(13-9-16)26(24,25)14-15-4-6-17(19)7-5-15/h4-7,16H,3,8-14H2,1-2H3,(H,20,23). The lowest BCUT2D eigenvalue weighted by atomic mass is 9.97. The third kappa shape index (κ3) is 6.34. The van der Waals surface area contributed by atoms with Crippen molar-refractivity contribution in [2.45, 2.75) is 25.0 Å². The first-order valence-corrected chi connectivity index (χ1v) is 10.5. The second kappa shape index (κ2) is 9.43.